The van der Waals surface area contributed by atoms with E-state index in [0.29, 0.717) is 6.42 Å². The van der Waals surface area contributed by atoms with Crippen molar-refractivity contribution in [1.82, 2.24) is 5.32 Å². The van der Waals surface area contributed by atoms with Crippen molar-refractivity contribution >= 4 is 5.91 Å². The Labute approximate surface area is 125 Å². The van der Waals surface area contributed by atoms with Crippen LogP contribution in [0.1, 0.15) is 23.6 Å². The molecule has 0 bridgehead atoms. The van der Waals surface area contributed by atoms with Gasteiger partial charge in [0.05, 0.1) is 18.6 Å². The van der Waals surface area contributed by atoms with E-state index >= 15 is 0 Å². The summed E-state index contributed by atoms with van der Waals surface area (Å²) in [7, 11) is 0. The summed E-state index contributed by atoms with van der Waals surface area (Å²) in [5, 5.41) is 12.6. The summed E-state index contributed by atoms with van der Waals surface area (Å²) in [6.07, 6.45) is 0.315. The molecule has 0 saturated heterocycles. The van der Waals surface area contributed by atoms with Crippen LogP contribution in [0.5, 0.6) is 0 Å². The minimum Gasteiger partial charge on any atom is -0.394 e. The molecule has 0 heterocycles. The van der Waals surface area contributed by atoms with Crippen molar-refractivity contribution in [3.8, 4) is 0 Å². The van der Waals surface area contributed by atoms with Crippen molar-refractivity contribution in [2.45, 2.75) is 25.8 Å². The Morgan fingerprint density at radius 1 is 1.10 bits per heavy atom. The Kier molecular flexibility index (Phi) is 4.76. The van der Waals surface area contributed by atoms with Gasteiger partial charge in [-0.2, -0.15) is 0 Å². The Hall–Kier alpha value is -2.13. The zero-order valence-corrected chi connectivity index (χ0v) is 12.5. The van der Waals surface area contributed by atoms with Gasteiger partial charge >= 0.3 is 0 Å². The lowest BCUT2D eigenvalue weighted by Gasteiger charge is -2.29. The molecule has 3 nitrogen and oxygen atoms in total. The highest BCUT2D eigenvalue weighted by Gasteiger charge is 2.27. The van der Waals surface area contributed by atoms with Crippen LogP contribution in [0.2, 0.25) is 0 Å². The maximum Gasteiger partial charge on any atom is 0.225 e. The van der Waals surface area contributed by atoms with Crippen molar-refractivity contribution in [1.29, 1.82) is 0 Å². The Bertz CT molecular complexity index is 610. The van der Waals surface area contributed by atoms with Gasteiger partial charge in [0.15, 0.2) is 0 Å². The third kappa shape index (κ3) is 3.70. The average Bonchev–Trinajstić information content (AvgIpc) is 2.50. The largest absolute Gasteiger partial charge is 0.394 e. The second-order valence-electron chi connectivity index (χ2n) is 5.51. The van der Waals surface area contributed by atoms with E-state index in [1.807, 2.05) is 68.4 Å². The van der Waals surface area contributed by atoms with Crippen LogP contribution in [0.4, 0.5) is 0 Å². The molecule has 0 aliphatic carbocycles. The van der Waals surface area contributed by atoms with Crippen LogP contribution in [-0.2, 0) is 16.8 Å². The summed E-state index contributed by atoms with van der Waals surface area (Å²) in [4.78, 5) is 12.3. The average molecular weight is 283 g/mol. The third-order valence-electron chi connectivity index (χ3n) is 3.75. The second kappa shape index (κ2) is 6.55. The number of hydrogen-bond acceptors (Lipinski definition) is 2. The molecule has 21 heavy (non-hydrogen) atoms. The molecule has 1 amide bonds. The Morgan fingerprint density at radius 2 is 1.71 bits per heavy atom. The predicted molar refractivity (Wildman–Crippen MR) is 83.9 cm³/mol. The summed E-state index contributed by atoms with van der Waals surface area (Å²) < 4.78 is 0. The van der Waals surface area contributed by atoms with E-state index in [1.54, 1.807) is 0 Å². The van der Waals surface area contributed by atoms with Crippen molar-refractivity contribution in [2.24, 2.45) is 0 Å². The number of carbonyl (C=O) groups is 1. The molecule has 1 unspecified atom stereocenters. The lowest BCUT2D eigenvalue weighted by Crippen LogP contribution is -2.46. The number of hydrogen-bond donors (Lipinski definition) is 2. The van der Waals surface area contributed by atoms with E-state index in [1.165, 1.54) is 0 Å². The lowest BCUT2D eigenvalue weighted by molar-refractivity contribution is -0.122. The standard InChI is InChI=1S/C18H21NO2/c1-14-8-6-7-9-15(14)12-17(21)19-18(2,13-20)16-10-4-3-5-11-16/h3-11,20H,12-13H2,1-2H3,(H,19,21). The highest BCUT2D eigenvalue weighted by atomic mass is 16.3. The van der Waals surface area contributed by atoms with Gasteiger partial charge in [0, 0.05) is 0 Å². The van der Waals surface area contributed by atoms with Crippen LogP contribution >= 0.6 is 0 Å². The first-order valence-corrected chi connectivity index (χ1v) is 7.07. The van der Waals surface area contributed by atoms with Crippen molar-refractivity contribution < 1.29 is 9.90 Å². The van der Waals surface area contributed by atoms with Crippen molar-refractivity contribution in [3.05, 3.63) is 71.3 Å². The summed E-state index contributed by atoms with van der Waals surface area (Å²) in [6, 6.07) is 17.4. The number of benzene rings is 2. The fourth-order valence-corrected chi connectivity index (χ4v) is 2.34. The quantitative estimate of drug-likeness (QED) is 0.886. The number of rotatable bonds is 5. The Morgan fingerprint density at radius 3 is 2.33 bits per heavy atom. The molecule has 2 N–H and O–H groups in total. The van der Waals surface area contributed by atoms with Crippen LogP contribution in [0.3, 0.4) is 0 Å². The molecule has 0 fully saturated rings. The monoisotopic (exact) mass is 283 g/mol. The summed E-state index contributed by atoms with van der Waals surface area (Å²) in [5.74, 6) is -0.0929. The van der Waals surface area contributed by atoms with Gasteiger partial charge in [0.25, 0.3) is 0 Å². The fraction of sp³-hybridized carbons (Fsp3) is 0.278. The number of carbonyl (C=O) groups excluding carboxylic acids is 1. The molecule has 0 aromatic heterocycles. The molecule has 1 atom stereocenters. The lowest BCUT2D eigenvalue weighted by atomic mass is 9.92. The molecular weight excluding hydrogens is 262 g/mol. The highest BCUT2D eigenvalue weighted by Crippen LogP contribution is 2.20. The van der Waals surface area contributed by atoms with Crippen molar-refractivity contribution in [2.75, 3.05) is 6.61 Å². The number of aryl methyl sites for hydroxylation is 1. The van der Waals surface area contributed by atoms with Crippen LogP contribution in [0.25, 0.3) is 0 Å². The minimum atomic E-state index is -0.763. The number of aliphatic hydroxyl groups is 1. The molecule has 0 aliphatic heterocycles. The normalized spacial score (nSPS) is 13.5. The maximum atomic E-state index is 12.3. The van der Waals surface area contributed by atoms with Crippen LogP contribution in [-0.4, -0.2) is 17.6 Å². The smallest absolute Gasteiger partial charge is 0.225 e. The molecule has 2 aromatic carbocycles. The van der Waals surface area contributed by atoms with Gasteiger partial charge in [0.2, 0.25) is 5.91 Å². The van der Waals surface area contributed by atoms with Crippen LogP contribution < -0.4 is 5.32 Å². The fourth-order valence-electron chi connectivity index (χ4n) is 2.34. The molecule has 2 aromatic rings. The SMILES string of the molecule is Cc1ccccc1CC(=O)NC(C)(CO)c1ccccc1. The Balaban J connectivity index is 2.12. The van der Waals surface area contributed by atoms with E-state index in [0.717, 1.165) is 16.7 Å². The van der Waals surface area contributed by atoms with Gasteiger partial charge in [-0.05, 0) is 30.5 Å². The van der Waals surface area contributed by atoms with Gasteiger partial charge < -0.3 is 10.4 Å². The number of aliphatic hydroxyl groups excluding tert-OH is 1. The minimum absolute atomic E-state index is 0.0929. The van der Waals surface area contributed by atoms with E-state index < -0.39 is 5.54 Å². The van der Waals surface area contributed by atoms with Gasteiger partial charge in [-0.3, -0.25) is 4.79 Å². The van der Waals surface area contributed by atoms with E-state index in [-0.39, 0.29) is 12.5 Å². The molecule has 2 rings (SSSR count). The van der Waals surface area contributed by atoms with Crippen LogP contribution in [0.15, 0.2) is 54.6 Å². The maximum absolute atomic E-state index is 12.3. The summed E-state index contributed by atoms with van der Waals surface area (Å²) >= 11 is 0. The summed E-state index contributed by atoms with van der Waals surface area (Å²) in [5.41, 5.74) is 2.23. The zero-order valence-electron chi connectivity index (χ0n) is 12.5. The van der Waals surface area contributed by atoms with Gasteiger partial charge in [0.1, 0.15) is 0 Å². The van der Waals surface area contributed by atoms with E-state index in [4.69, 9.17) is 0 Å². The van der Waals surface area contributed by atoms with Crippen LogP contribution in [0, 0.1) is 6.92 Å². The molecule has 3 heteroatoms. The molecular formula is C18H21NO2. The molecule has 110 valence electrons. The van der Waals surface area contributed by atoms with Gasteiger partial charge in [-0.1, -0.05) is 54.6 Å². The number of nitrogens with one attached hydrogen (secondary N) is 1. The van der Waals surface area contributed by atoms with Gasteiger partial charge in [-0.25, -0.2) is 0 Å². The molecule has 0 radical (unpaired) electrons. The first kappa shape index (κ1) is 15.3. The van der Waals surface area contributed by atoms with E-state index in [2.05, 4.69) is 5.32 Å². The highest BCUT2D eigenvalue weighted by molar-refractivity contribution is 5.80. The summed E-state index contributed by atoms with van der Waals surface area (Å²) in [6.45, 7) is 3.68. The third-order valence-corrected chi connectivity index (χ3v) is 3.75. The molecule has 0 spiro atoms. The second-order valence-corrected chi connectivity index (χ2v) is 5.51. The molecule has 0 aliphatic rings. The van der Waals surface area contributed by atoms with Crippen molar-refractivity contribution in [3.63, 3.8) is 0 Å². The molecule has 0 saturated carbocycles. The van der Waals surface area contributed by atoms with E-state index in [9.17, 15) is 9.90 Å². The zero-order chi connectivity index (χ0) is 15.3. The topological polar surface area (TPSA) is 49.3 Å². The van der Waals surface area contributed by atoms with Gasteiger partial charge in [-0.15, -0.1) is 0 Å². The first-order valence-electron chi connectivity index (χ1n) is 7.07. The predicted octanol–water partition coefficient (Wildman–Crippen LogP) is 2.56. The first-order chi connectivity index (χ1) is 10.0. The number of amides is 1.